The molecular formula is C17H25N3O5S. The molecule has 0 aromatic carbocycles. The molecule has 1 N–H and O–H groups in total. The van der Waals surface area contributed by atoms with Gasteiger partial charge in [-0.1, -0.05) is 0 Å². The van der Waals surface area contributed by atoms with Crippen LogP contribution < -0.4 is 5.32 Å². The summed E-state index contributed by atoms with van der Waals surface area (Å²) < 4.78 is 5.06. The van der Waals surface area contributed by atoms with Crippen molar-refractivity contribution >= 4 is 35.5 Å². The summed E-state index contributed by atoms with van der Waals surface area (Å²) in [6.07, 6.45) is 2.04. The standard InChI is InChI=1S/C17H25N3O5S/c1-2-25-17(24)11-5-7-19(8-6-11)16(23)13-9-26-10-20(13)15(22)12-3-4-14(21)18-12/h11-13H,2-10H2,1H3,(H,18,21)/t12-,13+/m0/s1. The number of ether oxygens (including phenoxy) is 1. The molecule has 144 valence electrons. The molecule has 8 nitrogen and oxygen atoms in total. The number of thioether (sulfide) groups is 1. The van der Waals surface area contributed by atoms with Gasteiger partial charge in [-0.3, -0.25) is 19.2 Å². The van der Waals surface area contributed by atoms with Crippen LogP contribution in [0.3, 0.4) is 0 Å². The molecule has 3 heterocycles. The van der Waals surface area contributed by atoms with E-state index >= 15 is 0 Å². The van der Waals surface area contributed by atoms with Crippen LogP contribution in [-0.4, -0.2) is 76.9 Å². The molecule has 0 radical (unpaired) electrons. The van der Waals surface area contributed by atoms with Gasteiger partial charge in [0.1, 0.15) is 12.1 Å². The molecule has 3 amide bonds. The number of esters is 1. The van der Waals surface area contributed by atoms with E-state index in [0.717, 1.165) is 0 Å². The predicted octanol–water partition coefficient (Wildman–Crippen LogP) is -0.0318. The smallest absolute Gasteiger partial charge is 0.309 e. The lowest BCUT2D eigenvalue weighted by molar-refractivity contribution is -0.152. The topological polar surface area (TPSA) is 96.0 Å². The number of rotatable bonds is 4. The molecule has 0 aliphatic carbocycles. The maximum atomic E-state index is 12.9. The monoisotopic (exact) mass is 383 g/mol. The minimum absolute atomic E-state index is 0.0602. The number of hydrogen-bond acceptors (Lipinski definition) is 6. The van der Waals surface area contributed by atoms with Gasteiger partial charge in [0.25, 0.3) is 0 Å². The molecular weight excluding hydrogens is 358 g/mol. The van der Waals surface area contributed by atoms with E-state index in [9.17, 15) is 19.2 Å². The highest BCUT2D eigenvalue weighted by Gasteiger charge is 2.42. The number of carbonyl (C=O) groups excluding carboxylic acids is 4. The van der Waals surface area contributed by atoms with E-state index in [0.29, 0.717) is 57.0 Å². The Morgan fingerprint density at radius 1 is 1.19 bits per heavy atom. The second kappa shape index (κ2) is 8.28. The van der Waals surface area contributed by atoms with Crippen LogP contribution in [0.5, 0.6) is 0 Å². The van der Waals surface area contributed by atoms with Gasteiger partial charge in [-0.15, -0.1) is 11.8 Å². The summed E-state index contributed by atoms with van der Waals surface area (Å²) in [7, 11) is 0. The first-order chi connectivity index (χ1) is 12.5. The van der Waals surface area contributed by atoms with Gasteiger partial charge in [0.2, 0.25) is 17.7 Å². The van der Waals surface area contributed by atoms with Gasteiger partial charge >= 0.3 is 5.97 Å². The van der Waals surface area contributed by atoms with E-state index < -0.39 is 12.1 Å². The minimum Gasteiger partial charge on any atom is -0.466 e. The molecule has 3 aliphatic heterocycles. The predicted molar refractivity (Wildman–Crippen MR) is 95.1 cm³/mol. The number of likely N-dealkylation sites (tertiary alicyclic amines) is 1. The van der Waals surface area contributed by atoms with Crippen LogP contribution in [0.1, 0.15) is 32.6 Å². The second-order valence-electron chi connectivity index (χ2n) is 6.83. The van der Waals surface area contributed by atoms with Crippen LogP contribution in [0.2, 0.25) is 0 Å². The molecule has 3 saturated heterocycles. The Hall–Kier alpha value is -1.77. The lowest BCUT2D eigenvalue weighted by atomic mass is 9.96. The number of nitrogens with one attached hydrogen (secondary N) is 1. The molecule has 0 unspecified atom stereocenters. The molecule has 0 saturated carbocycles. The molecule has 0 bridgehead atoms. The Morgan fingerprint density at radius 3 is 2.54 bits per heavy atom. The van der Waals surface area contributed by atoms with Gasteiger partial charge < -0.3 is 19.9 Å². The summed E-state index contributed by atoms with van der Waals surface area (Å²) in [6, 6.07) is -0.991. The van der Waals surface area contributed by atoms with Crippen molar-refractivity contribution in [2.45, 2.75) is 44.7 Å². The van der Waals surface area contributed by atoms with Gasteiger partial charge in [0.05, 0.1) is 18.4 Å². The summed E-state index contributed by atoms with van der Waals surface area (Å²) in [5.74, 6) is 0.368. The fourth-order valence-electron chi connectivity index (χ4n) is 3.67. The molecule has 0 aromatic rings. The lowest BCUT2D eigenvalue weighted by Gasteiger charge is -2.35. The number of piperidine rings is 1. The molecule has 9 heteroatoms. The third-order valence-electron chi connectivity index (χ3n) is 5.17. The summed E-state index contributed by atoms with van der Waals surface area (Å²) in [6.45, 7) is 3.16. The van der Waals surface area contributed by atoms with Crippen LogP contribution in [0.25, 0.3) is 0 Å². The molecule has 26 heavy (non-hydrogen) atoms. The molecule has 3 aliphatic rings. The Labute approximate surface area is 157 Å². The van der Waals surface area contributed by atoms with Crippen molar-refractivity contribution in [1.82, 2.24) is 15.1 Å². The van der Waals surface area contributed by atoms with E-state index in [-0.39, 0.29) is 29.6 Å². The highest BCUT2D eigenvalue weighted by atomic mass is 32.2. The van der Waals surface area contributed by atoms with Crippen LogP contribution in [0.15, 0.2) is 0 Å². The van der Waals surface area contributed by atoms with E-state index in [4.69, 9.17) is 4.74 Å². The highest BCUT2D eigenvalue weighted by molar-refractivity contribution is 7.99. The average Bonchev–Trinajstić information content (AvgIpc) is 3.30. The molecule has 0 aromatic heterocycles. The summed E-state index contributed by atoms with van der Waals surface area (Å²) in [5.41, 5.74) is 0. The van der Waals surface area contributed by atoms with Gasteiger partial charge in [0, 0.05) is 25.3 Å². The fourth-order valence-corrected chi connectivity index (χ4v) is 4.83. The van der Waals surface area contributed by atoms with Crippen molar-refractivity contribution in [2.75, 3.05) is 31.3 Å². The van der Waals surface area contributed by atoms with E-state index in [1.165, 1.54) is 0 Å². The van der Waals surface area contributed by atoms with E-state index in [2.05, 4.69) is 5.32 Å². The molecule has 3 fully saturated rings. The van der Waals surface area contributed by atoms with Gasteiger partial charge in [-0.25, -0.2) is 0 Å². The number of nitrogens with zero attached hydrogens (tertiary/aromatic N) is 2. The van der Waals surface area contributed by atoms with Crippen LogP contribution >= 0.6 is 11.8 Å². The molecule has 2 atom stereocenters. The number of hydrogen-bond donors (Lipinski definition) is 1. The maximum absolute atomic E-state index is 12.9. The van der Waals surface area contributed by atoms with Crippen molar-refractivity contribution in [3.05, 3.63) is 0 Å². The summed E-state index contributed by atoms with van der Waals surface area (Å²) in [5, 5.41) is 2.68. The van der Waals surface area contributed by atoms with Gasteiger partial charge in [-0.05, 0) is 26.2 Å². The Balaban J connectivity index is 1.56. The number of carbonyl (C=O) groups is 4. The lowest BCUT2D eigenvalue weighted by Crippen LogP contribution is -2.54. The van der Waals surface area contributed by atoms with Crippen molar-refractivity contribution in [3.63, 3.8) is 0 Å². The number of amides is 3. The second-order valence-corrected chi connectivity index (χ2v) is 7.83. The van der Waals surface area contributed by atoms with Gasteiger partial charge in [0.15, 0.2) is 0 Å². The maximum Gasteiger partial charge on any atom is 0.309 e. The molecule has 3 rings (SSSR count). The van der Waals surface area contributed by atoms with Crippen molar-refractivity contribution < 1.29 is 23.9 Å². The van der Waals surface area contributed by atoms with Gasteiger partial charge in [-0.2, -0.15) is 0 Å². The zero-order chi connectivity index (χ0) is 18.7. The fraction of sp³-hybridized carbons (Fsp3) is 0.765. The van der Waals surface area contributed by atoms with Crippen molar-refractivity contribution in [3.8, 4) is 0 Å². The zero-order valence-corrected chi connectivity index (χ0v) is 15.8. The Kier molecular flexibility index (Phi) is 6.05. The van der Waals surface area contributed by atoms with Crippen LogP contribution in [-0.2, 0) is 23.9 Å². The SMILES string of the molecule is CCOC(=O)C1CCN(C(=O)[C@H]2CSCN2C(=O)[C@@H]2CCC(=O)N2)CC1. The van der Waals surface area contributed by atoms with Crippen molar-refractivity contribution in [1.29, 1.82) is 0 Å². The summed E-state index contributed by atoms with van der Waals surface area (Å²) in [4.78, 5) is 52.1. The van der Waals surface area contributed by atoms with Crippen molar-refractivity contribution in [2.24, 2.45) is 5.92 Å². The highest BCUT2D eigenvalue weighted by Crippen LogP contribution is 2.27. The largest absolute Gasteiger partial charge is 0.466 e. The van der Waals surface area contributed by atoms with Crippen LogP contribution in [0.4, 0.5) is 0 Å². The first-order valence-corrected chi connectivity index (χ1v) is 10.3. The first kappa shape index (κ1) is 19.0. The molecule has 0 spiro atoms. The summed E-state index contributed by atoms with van der Waals surface area (Å²) >= 11 is 1.55. The third kappa shape index (κ3) is 3.97. The average molecular weight is 383 g/mol. The Morgan fingerprint density at radius 2 is 1.92 bits per heavy atom. The third-order valence-corrected chi connectivity index (χ3v) is 6.18. The van der Waals surface area contributed by atoms with E-state index in [1.807, 2.05) is 0 Å². The van der Waals surface area contributed by atoms with Crippen LogP contribution in [0, 0.1) is 5.92 Å². The van der Waals surface area contributed by atoms with E-state index in [1.54, 1.807) is 28.5 Å². The normalized spacial score (nSPS) is 26.7. The minimum atomic E-state index is -0.508. The Bertz CT molecular complexity index is 591. The zero-order valence-electron chi connectivity index (χ0n) is 14.9. The first-order valence-electron chi connectivity index (χ1n) is 9.14. The quantitative estimate of drug-likeness (QED) is 0.685.